The SMILES string of the molecule is COC(=O)Nc1ccc(OCc2ccncc2)cc1C. The number of carbonyl (C=O) groups excluding carboxylic acids is 1. The Balaban J connectivity index is 2.00. The van der Waals surface area contributed by atoms with E-state index in [1.807, 2.05) is 25.1 Å². The number of ether oxygens (including phenoxy) is 2. The Morgan fingerprint density at radius 1 is 1.25 bits per heavy atom. The van der Waals surface area contributed by atoms with Gasteiger partial charge in [-0.05, 0) is 48.4 Å². The largest absolute Gasteiger partial charge is 0.489 e. The van der Waals surface area contributed by atoms with Crippen LogP contribution in [0.5, 0.6) is 5.75 Å². The maximum Gasteiger partial charge on any atom is 0.411 e. The predicted octanol–water partition coefficient (Wildman–Crippen LogP) is 3.15. The van der Waals surface area contributed by atoms with Crippen molar-refractivity contribution in [2.45, 2.75) is 13.5 Å². The van der Waals surface area contributed by atoms with E-state index >= 15 is 0 Å². The van der Waals surface area contributed by atoms with Crippen molar-refractivity contribution in [2.75, 3.05) is 12.4 Å². The van der Waals surface area contributed by atoms with E-state index in [2.05, 4.69) is 15.0 Å². The first-order chi connectivity index (χ1) is 9.69. The summed E-state index contributed by atoms with van der Waals surface area (Å²) in [5, 5.41) is 2.64. The summed E-state index contributed by atoms with van der Waals surface area (Å²) < 4.78 is 10.2. The Kier molecular flexibility index (Phi) is 4.55. The van der Waals surface area contributed by atoms with Gasteiger partial charge in [0.15, 0.2) is 0 Å². The van der Waals surface area contributed by atoms with Gasteiger partial charge in [0.25, 0.3) is 0 Å². The summed E-state index contributed by atoms with van der Waals surface area (Å²) in [5.41, 5.74) is 2.66. The third-order valence-corrected chi connectivity index (χ3v) is 2.77. The zero-order valence-corrected chi connectivity index (χ0v) is 11.4. The van der Waals surface area contributed by atoms with Crippen LogP contribution in [0.2, 0.25) is 0 Å². The molecule has 0 aliphatic heterocycles. The van der Waals surface area contributed by atoms with Gasteiger partial charge in [0.1, 0.15) is 12.4 Å². The van der Waals surface area contributed by atoms with Crippen molar-refractivity contribution < 1.29 is 14.3 Å². The summed E-state index contributed by atoms with van der Waals surface area (Å²) in [4.78, 5) is 15.1. The molecule has 1 aromatic heterocycles. The van der Waals surface area contributed by atoms with Crippen LogP contribution in [-0.4, -0.2) is 18.2 Å². The van der Waals surface area contributed by atoms with E-state index in [9.17, 15) is 4.79 Å². The lowest BCUT2D eigenvalue weighted by molar-refractivity contribution is 0.187. The number of aryl methyl sites for hydroxylation is 1. The molecule has 20 heavy (non-hydrogen) atoms. The summed E-state index contributed by atoms with van der Waals surface area (Å²) in [6.45, 7) is 2.37. The monoisotopic (exact) mass is 272 g/mol. The molecule has 0 fully saturated rings. The van der Waals surface area contributed by atoms with Crippen LogP contribution in [0, 0.1) is 6.92 Å². The van der Waals surface area contributed by atoms with Crippen LogP contribution in [-0.2, 0) is 11.3 Å². The summed E-state index contributed by atoms with van der Waals surface area (Å²) in [6.07, 6.45) is 2.97. The van der Waals surface area contributed by atoms with Gasteiger partial charge in [-0.15, -0.1) is 0 Å². The second kappa shape index (κ2) is 6.56. The Morgan fingerprint density at radius 2 is 2.00 bits per heavy atom. The standard InChI is InChI=1S/C15H16N2O3/c1-11-9-13(3-4-14(11)17-15(18)19-2)20-10-12-5-7-16-8-6-12/h3-9H,10H2,1-2H3,(H,17,18). The number of benzene rings is 1. The number of carbonyl (C=O) groups is 1. The number of amides is 1. The molecule has 5 nitrogen and oxygen atoms in total. The lowest BCUT2D eigenvalue weighted by Crippen LogP contribution is -2.11. The minimum absolute atomic E-state index is 0.478. The number of rotatable bonds is 4. The zero-order chi connectivity index (χ0) is 14.4. The second-order valence-electron chi connectivity index (χ2n) is 4.24. The van der Waals surface area contributed by atoms with E-state index in [1.165, 1.54) is 7.11 Å². The van der Waals surface area contributed by atoms with Gasteiger partial charge >= 0.3 is 6.09 Å². The highest BCUT2D eigenvalue weighted by Gasteiger charge is 2.05. The van der Waals surface area contributed by atoms with E-state index in [0.29, 0.717) is 12.3 Å². The molecular formula is C15H16N2O3. The molecule has 2 rings (SSSR count). The first-order valence-corrected chi connectivity index (χ1v) is 6.16. The number of pyridine rings is 1. The van der Waals surface area contributed by atoms with Crippen molar-refractivity contribution in [3.8, 4) is 5.75 Å². The van der Waals surface area contributed by atoms with E-state index < -0.39 is 6.09 Å². The maximum absolute atomic E-state index is 11.2. The normalized spacial score (nSPS) is 9.90. The molecule has 1 heterocycles. The molecule has 1 N–H and O–H groups in total. The summed E-state index contributed by atoms with van der Waals surface area (Å²) in [7, 11) is 1.33. The number of hydrogen-bond acceptors (Lipinski definition) is 4. The molecule has 0 spiro atoms. The van der Waals surface area contributed by atoms with Crippen molar-refractivity contribution in [1.82, 2.24) is 4.98 Å². The van der Waals surface area contributed by atoms with Crippen molar-refractivity contribution in [2.24, 2.45) is 0 Å². The lowest BCUT2D eigenvalue weighted by atomic mass is 10.2. The van der Waals surface area contributed by atoms with Crippen LogP contribution >= 0.6 is 0 Å². The highest BCUT2D eigenvalue weighted by Crippen LogP contribution is 2.22. The third-order valence-electron chi connectivity index (χ3n) is 2.77. The number of anilines is 1. The van der Waals surface area contributed by atoms with Crippen molar-refractivity contribution >= 4 is 11.8 Å². The molecule has 1 aromatic carbocycles. The molecule has 5 heteroatoms. The molecule has 0 atom stereocenters. The topological polar surface area (TPSA) is 60.5 Å². The van der Waals surface area contributed by atoms with Crippen LogP contribution in [0.1, 0.15) is 11.1 Å². The van der Waals surface area contributed by atoms with Crippen LogP contribution in [0.25, 0.3) is 0 Å². The van der Waals surface area contributed by atoms with E-state index in [4.69, 9.17) is 4.74 Å². The summed E-state index contributed by atoms with van der Waals surface area (Å²) in [6, 6.07) is 9.26. The minimum Gasteiger partial charge on any atom is -0.489 e. The molecule has 104 valence electrons. The van der Waals surface area contributed by atoms with Crippen LogP contribution in [0.15, 0.2) is 42.7 Å². The third kappa shape index (κ3) is 3.71. The fourth-order valence-electron chi connectivity index (χ4n) is 1.67. The second-order valence-corrected chi connectivity index (χ2v) is 4.24. The average Bonchev–Trinajstić information content (AvgIpc) is 2.48. The highest BCUT2D eigenvalue weighted by molar-refractivity contribution is 5.85. The molecule has 0 saturated heterocycles. The Labute approximate surface area is 117 Å². The molecule has 0 aliphatic rings. The lowest BCUT2D eigenvalue weighted by Gasteiger charge is -2.10. The van der Waals surface area contributed by atoms with Crippen LogP contribution in [0.3, 0.4) is 0 Å². The molecule has 0 unspecified atom stereocenters. The fraction of sp³-hybridized carbons (Fsp3) is 0.200. The van der Waals surface area contributed by atoms with E-state index in [-0.39, 0.29) is 0 Å². The molecule has 2 aromatic rings. The molecule has 0 radical (unpaired) electrons. The molecule has 0 bridgehead atoms. The number of nitrogens with one attached hydrogen (secondary N) is 1. The van der Waals surface area contributed by atoms with Gasteiger partial charge in [-0.25, -0.2) is 4.79 Å². The Morgan fingerprint density at radius 3 is 2.65 bits per heavy atom. The maximum atomic E-state index is 11.2. The van der Waals surface area contributed by atoms with Crippen LogP contribution in [0.4, 0.5) is 10.5 Å². The smallest absolute Gasteiger partial charge is 0.411 e. The Hall–Kier alpha value is -2.56. The zero-order valence-electron chi connectivity index (χ0n) is 11.4. The average molecular weight is 272 g/mol. The summed E-state index contributed by atoms with van der Waals surface area (Å²) in [5.74, 6) is 0.745. The minimum atomic E-state index is -0.487. The van der Waals surface area contributed by atoms with Gasteiger partial charge in [-0.1, -0.05) is 0 Å². The van der Waals surface area contributed by atoms with Crippen molar-refractivity contribution in [1.29, 1.82) is 0 Å². The van der Waals surface area contributed by atoms with Crippen LogP contribution < -0.4 is 10.1 Å². The Bertz CT molecular complexity index is 585. The van der Waals surface area contributed by atoms with Gasteiger partial charge in [0.2, 0.25) is 0 Å². The first kappa shape index (κ1) is 13.9. The molecular weight excluding hydrogens is 256 g/mol. The molecule has 1 amide bonds. The van der Waals surface area contributed by atoms with Gasteiger partial charge in [-0.2, -0.15) is 0 Å². The first-order valence-electron chi connectivity index (χ1n) is 6.16. The number of nitrogens with zero attached hydrogens (tertiary/aromatic N) is 1. The van der Waals surface area contributed by atoms with Gasteiger partial charge in [0, 0.05) is 18.1 Å². The van der Waals surface area contributed by atoms with Crippen molar-refractivity contribution in [3.63, 3.8) is 0 Å². The van der Waals surface area contributed by atoms with Gasteiger partial charge < -0.3 is 9.47 Å². The van der Waals surface area contributed by atoms with E-state index in [0.717, 1.165) is 16.9 Å². The fourth-order valence-corrected chi connectivity index (χ4v) is 1.67. The number of aromatic nitrogens is 1. The predicted molar refractivity (Wildman–Crippen MR) is 75.8 cm³/mol. The number of hydrogen-bond donors (Lipinski definition) is 1. The van der Waals surface area contributed by atoms with Gasteiger partial charge in [0.05, 0.1) is 7.11 Å². The molecule has 0 aliphatic carbocycles. The molecule has 0 saturated carbocycles. The number of methoxy groups -OCH3 is 1. The quantitative estimate of drug-likeness (QED) is 0.928. The summed E-state index contributed by atoms with van der Waals surface area (Å²) >= 11 is 0. The van der Waals surface area contributed by atoms with Crippen molar-refractivity contribution in [3.05, 3.63) is 53.9 Å². The highest BCUT2D eigenvalue weighted by atomic mass is 16.5. The van der Waals surface area contributed by atoms with E-state index in [1.54, 1.807) is 24.5 Å². The van der Waals surface area contributed by atoms with Gasteiger partial charge in [-0.3, -0.25) is 10.3 Å².